The predicted molar refractivity (Wildman–Crippen MR) is 157 cm³/mol. The second-order valence-corrected chi connectivity index (χ2v) is 16.6. The van der Waals surface area contributed by atoms with Crippen molar-refractivity contribution in [2.24, 2.45) is 29.1 Å². The van der Waals surface area contributed by atoms with E-state index in [1.807, 2.05) is 19.1 Å². The van der Waals surface area contributed by atoms with Crippen LogP contribution in [0.2, 0.25) is 0 Å². The maximum absolute atomic E-state index is 14.1. The minimum atomic E-state index is -4.28. The molecule has 10 nitrogen and oxygen atoms in total. The number of hydrogen-bond acceptors (Lipinski definition) is 8. The van der Waals surface area contributed by atoms with Crippen molar-refractivity contribution in [2.45, 2.75) is 115 Å². The van der Waals surface area contributed by atoms with Crippen molar-refractivity contribution in [3.05, 3.63) is 12.2 Å². The van der Waals surface area contributed by atoms with Crippen molar-refractivity contribution in [3.8, 4) is 0 Å². The number of Topliss-reactive ketones (excluding diaryl/α,β-unsaturated/α-hetero) is 1. The number of carbonyl (C=O) groups is 4. The monoisotopic (exact) mass is 626 g/mol. The molecular formula is C31H47FN2O8S. The lowest BCUT2D eigenvalue weighted by molar-refractivity contribution is -0.160. The number of halogens is 1. The molecule has 0 radical (unpaired) electrons. The van der Waals surface area contributed by atoms with E-state index in [1.165, 1.54) is 4.90 Å². The lowest BCUT2D eigenvalue weighted by atomic mass is 9.82. The van der Waals surface area contributed by atoms with Crippen molar-refractivity contribution in [3.63, 3.8) is 0 Å². The number of hydrogen-bond donors (Lipinski definition) is 2. The molecule has 0 spiro atoms. The Balaban J connectivity index is 1.63. The van der Waals surface area contributed by atoms with E-state index in [1.54, 1.807) is 20.8 Å². The molecule has 2 aliphatic heterocycles. The smallest absolute Gasteiger partial charge is 0.307 e. The summed E-state index contributed by atoms with van der Waals surface area (Å²) in [6, 6.07) is -1.02. The highest BCUT2D eigenvalue weighted by atomic mass is 32.2. The predicted octanol–water partition coefficient (Wildman–Crippen LogP) is 3.22. The summed E-state index contributed by atoms with van der Waals surface area (Å²) in [6.07, 6.45) is 4.95. The van der Waals surface area contributed by atoms with E-state index < -0.39 is 74.1 Å². The molecule has 0 bridgehead atoms. The number of esters is 1. The van der Waals surface area contributed by atoms with Crippen molar-refractivity contribution >= 4 is 33.6 Å². The molecule has 0 aromatic heterocycles. The first kappa shape index (κ1) is 33.6. The van der Waals surface area contributed by atoms with Gasteiger partial charge in [0.2, 0.25) is 21.8 Å². The van der Waals surface area contributed by atoms with Crippen LogP contribution in [0.5, 0.6) is 0 Å². The highest BCUT2D eigenvalue weighted by molar-refractivity contribution is 7.91. The zero-order chi connectivity index (χ0) is 32.0. The zero-order valence-corrected chi connectivity index (χ0v) is 26.8. The molecule has 43 heavy (non-hydrogen) atoms. The number of ether oxygens (including phenoxy) is 1. The molecule has 242 valence electrons. The number of carbonyl (C=O) groups excluding carboxylic acids is 4. The summed E-state index contributed by atoms with van der Waals surface area (Å²) < 4.78 is 45.4. The van der Waals surface area contributed by atoms with Crippen LogP contribution in [-0.2, 0) is 33.9 Å². The van der Waals surface area contributed by atoms with E-state index in [-0.39, 0.29) is 62.8 Å². The molecule has 2 saturated carbocycles. The summed E-state index contributed by atoms with van der Waals surface area (Å²) in [5.41, 5.74) is -2.08. The van der Waals surface area contributed by atoms with Gasteiger partial charge in [-0.05, 0) is 77.0 Å². The van der Waals surface area contributed by atoms with Gasteiger partial charge in [-0.1, -0.05) is 26.0 Å². The summed E-state index contributed by atoms with van der Waals surface area (Å²) in [5.74, 6) is -3.39. The van der Waals surface area contributed by atoms with Gasteiger partial charge in [0.15, 0.2) is 5.78 Å². The normalized spacial score (nSPS) is 35.6. The minimum absolute atomic E-state index is 0.0179. The summed E-state index contributed by atoms with van der Waals surface area (Å²) >= 11 is 0. The quantitative estimate of drug-likeness (QED) is 0.338. The maximum Gasteiger partial charge on any atom is 0.307 e. The van der Waals surface area contributed by atoms with Gasteiger partial charge >= 0.3 is 5.97 Å². The maximum atomic E-state index is 14.1. The molecule has 0 aromatic rings. The third-order valence-electron chi connectivity index (χ3n) is 9.64. The van der Waals surface area contributed by atoms with Gasteiger partial charge < -0.3 is 14.7 Å². The molecule has 2 heterocycles. The molecule has 1 saturated heterocycles. The Kier molecular flexibility index (Phi) is 9.53. The van der Waals surface area contributed by atoms with Gasteiger partial charge in [0.05, 0.1) is 29.9 Å². The van der Waals surface area contributed by atoms with Gasteiger partial charge in [0, 0.05) is 19.4 Å². The Bertz CT molecular complexity index is 1260. The topological polar surface area (TPSA) is 147 Å². The first-order chi connectivity index (χ1) is 19.9. The molecule has 2 amide bonds. The van der Waals surface area contributed by atoms with Crippen molar-refractivity contribution in [1.82, 2.24) is 9.62 Å². The van der Waals surface area contributed by atoms with Gasteiger partial charge in [0.1, 0.15) is 17.0 Å². The molecular weight excluding hydrogens is 579 g/mol. The molecule has 7 atom stereocenters. The number of allylic oxidation sites excluding steroid dienone is 2. The largest absolute Gasteiger partial charge is 0.460 e. The van der Waals surface area contributed by atoms with Gasteiger partial charge in [-0.25, -0.2) is 12.8 Å². The molecule has 2 N–H and O–H groups in total. The first-order valence-corrected chi connectivity index (χ1v) is 16.9. The molecule has 4 rings (SSSR count). The van der Waals surface area contributed by atoms with Gasteiger partial charge in [0.25, 0.3) is 0 Å². The van der Waals surface area contributed by atoms with Crippen LogP contribution in [0.4, 0.5) is 4.39 Å². The molecule has 2 aliphatic carbocycles. The molecule has 3 fully saturated rings. The number of fused-ring (bicyclic) bond motifs is 2. The van der Waals surface area contributed by atoms with E-state index in [0.717, 1.165) is 6.42 Å². The number of amides is 2. The van der Waals surface area contributed by atoms with E-state index in [2.05, 4.69) is 11.6 Å². The minimum Gasteiger partial charge on any atom is -0.460 e. The van der Waals surface area contributed by atoms with Crippen LogP contribution in [0.25, 0.3) is 0 Å². The van der Waals surface area contributed by atoms with Crippen LogP contribution in [0.15, 0.2) is 12.2 Å². The molecule has 4 aliphatic rings. The van der Waals surface area contributed by atoms with E-state index in [4.69, 9.17) is 4.74 Å². The van der Waals surface area contributed by atoms with Gasteiger partial charge in [-0.15, -0.1) is 0 Å². The number of nitrogens with one attached hydrogen (secondary N) is 1. The van der Waals surface area contributed by atoms with E-state index in [0.29, 0.717) is 12.8 Å². The Labute approximate surface area is 254 Å². The number of ketones is 1. The third kappa shape index (κ3) is 7.32. The highest BCUT2D eigenvalue weighted by Gasteiger charge is 2.63. The number of sulfonamides is 1. The average molecular weight is 627 g/mol. The lowest BCUT2D eigenvalue weighted by Crippen LogP contribution is -2.48. The number of rotatable bonds is 6. The molecule has 12 heteroatoms. The van der Waals surface area contributed by atoms with Gasteiger partial charge in [-0.2, -0.15) is 0 Å². The first-order valence-electron chi connectivity index (χ1n) is 15.5. The summed E-state index contributed by atoms with van der Waals surface area (Å²) in [5, 5.41) is 10.6. The molecule has 0 aromatic carbocycles. The van der Waals surface area contributed by atoms with E-state index >= 15 is 0 Å². The van der Waals surface area contributed by atoms with Crippen molar-refractivity contribution in [2.75, 3.05) is 13.2 Å². The fraction of sp³-hybridized carbons (Fsp3) is 0.806. The second kappa shape index (κ2) is 12.2. The third-order valence-corrected chi connectivity index (χ3v) is 11.7. The lowest BCUT2D eigenvalue weighted by Gasteiger charge is -2.32. The highest BCUT2D eigenvalue weighted by Crippen LogP contribution is 2.57. The van der Waals surface area contributed by atoms with Gasteiger partial charge in [-0.3, -0.25) is 23.9 Å². The zero-order valence-electron chi connectivity index (χ0n) is 25.9. The SMILES string of the molecule is C[C@@H]1CC/C=C\[C@@H]2C[C@@]2(C(=O)NS(=O)(=O)C2(CF)CC2)CC(=O)[C@@H]2C[C@@H](O)CN2C(=O)[C@@H](CC(=O)OC(C)(C)C)[C@H](C)C1. The Hall–Kier alpha value is -2.34. The van der Waals surface area contributed by atoms with Crippen LogP contribution >= 0.6 is 0 Å². The van der Waals surface area contributed by atoms with Crippen LogP contribution in [0.1, 0.15) is 92.4 Å². The Morgan fingerprint density at radius 1 is 1.19 bits per heavy atom. The second-order valence-electron chi connectivity index (χ2n) is 14.5. The van der Waals surface area contributed by atoms with Crippen molar-refractivity contribution < 1.29 is 41.8 Å². The van der Waals surface area contributed by atoms with Crippen LogP contribution in [0.3, 0.4) is 0 Å². The summed E-state index contributed by atoms with van der Waals surface area (Å²) in [4.78, 5) is 55.7. The fourth-order valence-corrected chi connectivity index (χ4v) is 8.18. The van der Waals surface area contributed by atoms with Crippen molar-refractivity contribution in [1.29, 1.82) is 0 Å². The average Bonchev–Trinajstić information content (AvgIpc) is 3.79. The molecule has 0 unspecified atom stereocenters. The van der Waals surface area contributed by atoms with E-state index in [9.17, 15) is 37.1 Å². The summed E-state index contributed by atoms with van der Waals surface area (Å²) in [7, 11) is -4.28. The fourth-order valence-electron chi connectivity index (χ4n) is 6.73. The van der Waals surface area contributed by atoms with Crippen LogP contribution in [0, 0.1) is 29.1 Å². The standard InChI is InChI=1S/C31H47FN2O8S/c1-19-8-6-7-9-21-15-31(21,28(39)33-43(40,41)30(18-32)10-11-30)16-25(36)24-13-22(35)17-34(24)27(38)23(20(2)12-19)14-26(37)42-29(3,4)5/h7,9,19-24,35H,6,8,10-18H2,1-5H3,(H,33,39)/b9-7-/t19-,20-,21-,22-,23+,24+,31-/m1/s1. The number of alkyl halides is 1. The number of aliphatic hydroxyl groups is 1. The number of aliphatic hydroxyl groups excluding tert-OH is 1. The summed E-state index contributed by atoms with van der Waals surface area (Å²) in [6.45, 7) is 8.05. The van der Waals surface area contributed by atoms with Crippen LogP contribution in [-0.4, -0.2) is 77.7 Å². The Morgan fingerprint density at radius 2 is 1.86 bits per heavy atom. The Morgan fingerprint density at radius 3 is 2.47 bits per heavy atom. The van der Waals surface area contributed by atoms with Crippen LogP contribution < -0.4 is 4.72 Å². The number of nitrogens with zero attached hydrogens (tertiary/aromatic N) is 1.